The number of anilines is 1. The molecule has 0 bridgehead atoms. The van der Waals surface area contributed by atoms with Crippen LogP contribution in [0.15, 0.2) is 39.7 Å². The Labute approximate surface area is 162 Å². The van der Waals surface area contributed by atoms with Crippen molar-refractivity contribution in [1.29, 1.82) is 0 Å². The highest BCUT2D eigenvalue weighted by Gasteiger charge is 2.18. The van der Waals surface area contributed by atoms with E-state index in [1.165, 1.54) is 11.0 Å². The minimum Gasteiger partial charge on any atom is -0.460 e. The van der Waals surface area contributed by atoms with Gasteiger partial charge in [0.1, 0.15) is 17.1 Å². The summed E-state index contributed by atoms with van der Waals surface area (Å²) in [7, 11) is 3.23. The summed E-state index contributed by atoms with van der Waals surface area (Å²) in [5.41, 5.74) is 1.44. The Hall–Kier alpha value is -3.49. The largest absolute Gasteiger partial charge is 0.460 e. The molecule has 0 aliphatic heterocycles. The number of amides is 2. The number of aryl methyl sites for hydroxylation is 1. The quantitative estimate of drug-likeness (QED) is 0.743. The topological polar surface area (TPSA) is 106 Å². The van der Waals surface area contributed by atoms with E-state index in [0.29, 0.717) is 28.5 Å². The molecule has 3 aromatic rings. The smallest absolute Gasteiger partial charge is 0.323 e. The number of nitrogens with one attached hydrogen (secondary N) is 1. The molecular formula is C19H22N6O3. The van der Waals surface area contributed by atoms with Crippen LogP contribution in [-0.2, 0) is 0 Å². The number of carbonyl (C=O) groups is 1. The Morgan fingerprint density at radius 3 is 2.50 bits per heavy atom. The molecule has 0 saturated heterocycles. The predicted molar refractivity (Wildman–Crippen MR) is 105 cm³/mol. The molecule has 0 aromatic carbocycles. The van der Waals surface area contributed by atoms with Crippen LogP contribution in [0, 0.1) is 6.92 Å². The van der Waals surface area contributed by atoms with Gasteiger partial charge in [0, 0.05) is 38.0 Å². The zero-order valence-electron chi connectivity index (χ0n) is 16.4. The third-order valence-electron chi connectivity index (χ3n) is 4.05. The van der Waals surface area contributed by atoms with Gasteiger partial charge in [-0.15, -0.1) is 10.2 Å². The summed E-state index contributed by atoms with van der Waals surface area (Å²) in [4.78, 5) is 29.8. The van der Waals surface area contributed by atoms with Crippen LogP contribution >= 0.6 is 0 Å². The Morgan fingerprint density at radius 2 is 1.89 bits per heavy atom. The summed E-state index contributed by atoms with van der Waals surface area (Å²) < 4.78 is 7.33. The number of nitrogens with zero attached hydrogens (tertiary/aromatic N) is 5. The van der Waals surface area contributed by atoms with Crippen LogP contribution in [0.4, 0.5) is 10.7 Å². The van der Waals surface area contributed by atoms with E-state index < -0.39 is 0 Å². The molecule has 3 aromatic heterocycles. The zero-order valence-corrected chi connectivity index (χ0v) is 16.4. The number of urea groups is 1. The molecule has 3 heterocycles. The summed E-state index contributed by atoms with van der Waals surface area (Å²) in [6.45, 7) is 5.67. The van der Waals surface area contributed by atoms with E-state index in [2.05, 4.69) is 20.5 Å². The highest BCUT2D eigenvalue weighted by molar-refractivity contribution is 5.87. The van der Waals surface area contributed by atoms with Crippen molar-refractivity contribution in [3.05, 3.63) is 46.6 Å². The third-order valence-corrected chi connectivity index (χ3v) is 4.05. The van der Waals surface area contributed by atoms with Gasteiger partial charge in [-0.1, -0.05) is 0 Å². The average molecular weight is 382 g/mol. The maximum atomic E-state index is 12.1. The first-order valence-corrected chi connectivity index (χ1v) is 8.78. The lowest BCUT2D eigenvalue weighted by Gasteiger charge is -2.14. The molecule has 9 heteroatoms. The molecular weight excluding hydrogens is 360 g/mol. The van der Waals surface area contributed by atoms with E-state index >= 15 is 0 Å². The lowest BCUT2D eigenvalue weighted by molar-refractivity contribution is 0.230. The van der Waals surface area contributed by atoms with Crippen LogP contribution < -0.4 is 10.9 Å². The summed E-state index contributed by atoms with van der Waals surface area (Å²) >= 11 is 0. The maximum absolute atomic E-state index is 12.1. The molecule has 0 saturated carbocycles. The van der Waals surface area contributed by atoms with Gasteiger partial charge in [0.05, 0.1) is 0 Å². The molecule has 146 valence electrons. The minimum atomic E-state index is -0.371. The van der Waals surface area contributed by atoms with Crippen LogP contribution in [0.3, 0.4) is 0 Å². The van der Waals surface area contributed by atoms with E-state index in [1.54, 1.807) is 37.0 Å². The van der Waals surface area contributed by atoms with Crippen molar-refractivity contribution in [2.45, 2.75) is 26.8 Å². The maximum Gasteiger partial charge on any atom is 0.323 e. The average Bonchev–Trinajstić information content (AvgIpc) is 3.08. The van der Waals surface area contributed by atoms with Crippen LogP contribution in [0.5, 0.6) is 0 Å². The van der Waals surface area contributed by atoms with Gasteiger partial charge >= 0.3 is 6.03 Å². The standard InChI is InChI=1S/C19H22N6O3/c1-11(2)25-10-13(7-9-15(25)26)16-17(14-8-6-12(3)28-14)20-18(23-22-16)21-19(27)24(4)5/h6-11H,1-5H3,(H,20,21,23,27). The van der Waals surface area contributed by atoms with Gasteiger partial charge in [-0.25, -0.2) is 9.78 Å². The second-order valence-corrected chi connectivity index (χ2v) is 6.82. The SMILES string of the molecule is Cc1ccc(-c2nc(NC(=O)N(C)C)nnc2-c2ccc(=O)n(C(C)C)c2)o1. The summed E-state index contributed by atoms with van der Waals surface area (Å²) in [6.07, 6.45) is 1.72. The molecule has 0 atom stereocenters. The number of hydrogen-bond acceptors (Lipinski definition) is 6. The fourth-order valence-corrected chi connectivity index (χ4v) is 2.56. The minimum absolute atomic E-state index is 0.0127. The number of hydrogen-bond donors (Lipinski definition) is 1. The van der Waals surface area contributed by atoms with Gasteiger partial charge in [-0.3, -0.25) is 10.1 Å². The van der Waals surface area contributed by atoms with Crippen LogP contribution in [0.1, 0.15) is 25.6 Å². The zero-order chi connectivity index (χ0) is 20.4. The Balaban J connectivity index is 2.14. The first-order valence-electron chi connectivity index (χ1n) is 8.78. The molecule has 0 spiro atoms. The van der Waals surface area contributed by atoms with Crippen molar-refractivity contribution in [3.63, 3.8) is 0 Å². The first-order chi connectivity index (χ1) is 13.3. The number of pyridine rings is 1. The van der Waals surface area contributed by atoms with Crippen LogP contribution in [0.2, 0.25) is 0 Å². The summed E-state index contributed by atoms with van der Waals surface area (Å²) in [5.74, 6) is 1.26. The molecule has 28 heavy (non-hydrogen) atoms. The van der Waals surface area contributed by atoms with E-state index in [1.807, 2.05) is 26.8 Å². The van der Waals surface area contributed by atoms with E-state index in [0.717, 1.165) is 0 Å². The summed E-state index contributed by atoms with van der Waals surface area (Å²) in [5, 5.41) is 10.9. The molecule has 0 aliphatic carbocycles. The van der Waals surface area contributed by atoms with Crippen molar-refractivity contribution < 1.29 is 9.21 Å². The fourth-order valence-electron chi connectivity index (χ4n) is 2.56. The van der Waals surface area contributed by atoms with Crippen molar-refractivity contribution >= 4 is 12.0 Å². The normalized spacial score (nSPS) is 10.9. The number of carbonyl (C=O) groups excluding carboxylic acids is 1. The molecule has 0 unspecified atom stereocenters. The Bertz CT molecular complexity index is 1070. The molecule has 0 aliphatic rings. The molecule has 1 N–H and O–H groups in total. The molecule has 3 rings (SSSR count). The van der Waals surface area contributed by atoms with Gasteiger partial charge in [-0.05, 0) is 39.0 Å². The van der Waals surface area contributed by atoms with Crippen molar-refractivity contribution in [2.75, 3.05) is 19.4 Å². The van der Waals surface area contributed by atoms with E-state index in [4.69, 9.17) is 4.42 Å². The highest BCUT2D eigenvalue weighted by atomic mass is 16.3. The monoisotopic (exact) mass is 382 g/mol. The molecule has 2 amide bonds. The fraction of sp³-hybridized carbons (Fsp3) is 0.316. The summed E-state index contributed by atoms with van der Waals surface area (Å²) in [6, 6.07) is 6.36. The predicted octanol–water partition coefficient (Wildman–Crippen LogP) is 2.94. The van der Waals surface area contributed by atoms with Crippen LogP contribution in [-0.4, -0.2) is 44.8 Å². The third kappa shape index (κ3) is 3.93. The van der Waals surface area contributed by atoms with Gasteiger partial charge in [0.25, 0.3) is 11.5 Å². The van der Waals surface area contributed by atoms with Gasteiger partial charge < -0.3 is 13.9 Å². The van der Waals surface area contributed by atoms with E-state index in [9.17, 15) is 9.59 Å². The van der Waals surface area contributed by atoms with Gasteiger partial charge in [-0.2, -0.15) is 0 Å². The Kier molecular flexibility index (Phi) is 5.25. The number of rotatable bonds is 4. The molecule has 0 radical (unpaired) electrons. The second kappa shape index (κ2) is 7.63. The lowest BCUT2D eigenvalue weighted by Crippen LogP contribution is -2.28. The lowest BCUT2D eigenvalue weighted by atomic mass is 10.1. The van der Waals surface area contributed by atoms with Crippen molar-refractivity contribution in [2.24, 2.45) is 0 Å². The molecule has 0 fully saturated rings. The van der Waals surface area contributed by atoms with E-state index in [-0.39, 0.29) is 23.6 Å². The van der Waals surface area contributed by atoms with Gasteiger partial charge in [0.15, 0.2) is 5.76 Å². The van der Waals surface area contributed by atoms with Crippen LogP contribution in [0.25, 0.3) is 22.7 Å². The van der Waals surface area contributed by atoms with Gasteiger partial charge in [0.2, 0.25) is 0 Å². The van der Waals surface area contributed by atoms with Crippen molar-refractivity contribution in [1.82, 2.24) is 24.6 Å². The highest BCUT2D eigenvalue weighted by Crippen LogP contribution is 2.30. The number of furan rings is 1. The second-order valence-electron chi connectivity index (χ2n) is 6.82. The Morgan fingerprint density at radius 1 is 1.14 bits per heavy atom. The first kappa shape index (κ1) is 19.3. The van der Waals surface area contributed by atoms with Crippen molar-refractivity contribution in [3.8, 4) is 22.7 Å². The molecule has 9 nitrogen and oxygen atoms in total. The number of aromatic nitrogens is 4.